The Balaban J connectivity index is 3.61. The molecule has 0 radical (unpaired) electrons. The highest BCUT2D eigenvalue weighted by Gasteiger charge is 1.72. The van der Waals surface area contributed by atoms with Crippen LogP contribution in [0.2, 0.25) is 0 Å². The van der Waals surface area contributed by atoms with Crippen LogP contribution in [0.1, 0.15) is 0 Å². The summed E-state index contributed by atoms with van der Waals surface area (Å²) < 4.78 is 5.10. The lowest BCUT2D eigenvalue weighted by molar-refractivity contribution is 0.403. The van der Waals surface area contributed by atoms with Gasteiger partial charge in [-0.25, -0.2) is 0 Å². The summed E-state index contributed by atoms with van der Waals surface area (Å²) in [6.45, 7) is 0. The van der Waals surface area contributed by atoms with Crippen LogP contribution < -0.4 is 0 Å². The molecular weight excluding hydrogens is 188 g/mol. The first kappa shape index (κ1) is 13.4. The third kappa shape index (κ3) is 12.4. The molecule has 0 amide bonds. The minimum absolute atomic E-state index is 1.62. The molecule has 0 aliphatic rings. The van der Waals surface area contributed by atoms with Crippen LogP contribution >= 0.6 is 0 Å². The minimum atomic E-state index is 1.62. The molecule has 15 heavy (non-hydrogen) atoms. The summed E-state index contributed by atoms with van der Waals surface area (Å²) >= 11 is 0. The van der Waals surface area contributed by atoms with Crippen molar-refractivity contribution in [1.29, 1.82) is 0 Å². The lowest BCUT2D eigenvalue weighted by atomic mass is 10.5. The van der Waals surface area contributed by atoms with Crippen molar-refractivity contribution in [3.8, 4) is 0 Å². The molecule has 0 saturated heterocycles. The average Bonchev–Trinajstić information content (AvgIpc) is 2.14. The Kier molecular flexibility index (Phi) is 7.96. The van der Waals surface area contributed by atoms with Crippen molar-refractivity contribution in [2.24, 2.45) is 0 Å². The number of nitrogens with zero attached hydrogens (tertiary/aromatic N) is 2. The van der Waals surface area contributed by atoms with E-state index in [0.717, 1.165) is 0 Å². The zero-order valence-electron chi connectivity index (χ0n) is 9.92. The van der Waals surface area contributed by atoms with Crippen LogP contribution in [0.5, 0.6) is 0 Å². The van der Waals surface area contributed by atoms with Gasteiger partial charge in [-0.1, -0.05) is 0 Å². The summed E-state index contributed by atoms with van der Waals surface area (Å²) in [5.41, 5.74) is 0. The van der Waals surface area contributed by atoms with Crippen LogP contribution in [-0.2, 0) is 4.74 Å². The molecule has 0 heterocycles. The molecule has 0 rings (SSSR count). The van der Waals surface area contributed by atoms with E-state index >= 15 is 0 Å². The largest absolute Gasteiger partial charge is 0.473 e. The Morgan fingerprint density at radius 1 is 0.667 bits per heavy atom. The summed E-state index contributed by atoms with van der Waals surface area (Å²) in [6, 6.07) is 0. The highest BCUT2D eigenvalue weighted by molar-refractivity contribution is 5.01. The van der Waals surface area contributed by atoms with E-state index in [1.807, 2.05) is 74.7 Å². The van der Waals surface area contributed by atoms with Gasteiger partial charge in [0.05, 0.1) is 12.5 Å². The standard InChI is InChI=1S/C12H20N2O/c1-13(2)9-5-7-11-15-12-8-6-10-14(3)4/h5-12H,1-4H3. The fourth-order valence-corrected chi connectivity index (χ4v) is 0.670. The summed E-state index contributed by atoms with van der Waals surface area (Å²) in [5, 5.41) is 0. The first-order chi connectivity index (χ1) is 7.13. The Morgan fingerprint density at radius 3 is 1.40 bits per heavy atom. The molecule has 0 bridgehead atoms. The molecular formula is C12H20N2O. The first-order valence-corrected chi connectivity index (χ1v) is 4.78. The second kappa shape index (κ2) is 8.94. The van der Waals surface area contributed by atoms with Crippen molar-refractivity contribution in [3.05, 3.63) is 49.2 Å². The molecule has 0 fully saturated rings. The number of allylic oxidation sites excluding steroid dienone is 4. The number of hydrogen-bond acceptors (Lipinski definition) is 3. The van der Waals surface area contributed by atoms with Gasteiger partial charge < -0.3 is 14.5 Å². The summed E-state index contributed by atoms with van der Waals surface area (Å²) in [6.07, 6.45) is 14.6. The van der Waals surface area contributed by atoms with Crippen LogP contribution in [0.4, 0.5) is 0 Å². The maximum Gasteiger partial charge on any atom is 0.0901 e. The van der Waals surface area contributed by atoms with Crippen LogP contribution in [0, 0.1) is 0 Å². The molecule has 0 aliphatic heterocycles. The molecule has 0 unspecified atom stereocenters. The first-order valence-electron chi connectivity index (χ1n) is 4.78. The zero-order valence-corrected chi connectivity index (χ0v) is 9.92. The van der Waals surface area contributed by atoms with Crippen molar-refractivity contribution >= 4 is 0 Å². The third-order valence-corrected chi connectivity index (χ3v) is 1.30. The molecule has 0 N–H and O–H groups in total. The van der Waals surface area contributed by atoms with Gasteiger partial charge in [0.25, 0.3) is 0 Å². The molecule has 0 aromatic carbocycles. The Morgan fingerprint density at radius 2 is 1.07 bits per heavy atom. The van der Waals surface area contributed by atoms with Gasteiger partial charge >= 0.3 is 0 Å². The second-order valence-electron chi connectivity index (χ2n) is 3.40. The van der Waals surface area contributed by atoms with E-state index in [9.17, 15) is 0 Å². The third-order valence-electron chi connectivity index (χ3n) is 1.30. The van der Waals surface area contributed by atoms with Crippen LogP contribution in [0.15, 0.2) is 49.2 Å². The van der Waals surface area contributed by atoms with Crippen molar-refractivity contribution in [2.45, 2.75) is 0 Å². The Hall–Kier alpha value is -1.64. The molecule has 0 aromatic heterocycles. The van der Waals surface area contributed by atoms with Gasteiger partial charge in [0.2, 0.25) is 0 Å². The van der Waals surface area contributed by atoms with Crippen molar-refractivity contribution in [2.75, 3.05) is 28.2 Å². The maximum atomic E-state index is 5.10. The molecule has 0 aromatic rings. The predicted octanol–water partition coefficient (Wildman–Crippen LogP) is 2.18. The summed E-state index contributed by atoms with van der Waals surface area (Å²) in [7, 11) is 7.88. The van der Waals surface area contributed by atoms with E-state index in [4.69, 9.17) is 4.74 Å². The van der Waals surface area contributed by atoms with Crippen LogP contribution in [0.3, 0.4) is 0 Å². The van der Waals surface area contributed by atoms with Gasteiger partial charge in [0, 0.05) is 28.2 Å². The SMILES string of the molecule is CN(C)C=CC=COC=CC=CN(C)C. The number of rotatable bonds is 6. The lowest BCUT2D eigenvalue weighted by Crippen LogP contribution is -1.99. The quantitative estimate of drug-likeness (QED) is 0.491. The van der Waals surface area contributed by atoms with Gasteiger partial charge in [-0.05, 0) is 36.7 Å². The van der Waals surface area contributed by atoms with Crippen LogP contribution in [-0.4, -0.2) is 38.0 Å². The average molecular weight is 208 g/mol. The van der Waals surface area contributed by atoms with Gasteiger partial charge in [0.1, 0.15) is 0 Å². The van der Waals surface area contributed by atoms with E-state index in [-0.39, 0.29) is 0 Å². The van der Waals surface area contributed by atoms with Gasteiger partial charge in [-0.2, -0.15) is 0 Å². The molecule has 0 atom stereocenters. The van der Waals surface area contributed by atoms with Crippen molar-refractivity contribution in [1.82, 2.24) is 9.80 Å². The molecule has 3 heteroatoms. The monoisotopic (exact) mass is 208 g/mol. The maximum absolute atomic E-state index is 5.10. The van der Waals surface area contributed by atoms with E-state index in [0.29, 0.717) is 0 Å². The number of ether oxygens (including phenoxy) is 1. The lowest BCUT2D eigenvalue weighted by Gasteiger charge is -2.00. The highest BCUT2D eigenvalue weighted by Crippen LogP contribution is 1.85. The van der Waals surface area contributed by atoms with Crippen molar-refractivity contribution < 1.29 is 4.74 Å². The fourth-order valence-electron chi connectivity index (χ4n) is 0.670. The van der Waals surface area contributed by atoms with Gasteiger partial charge in [-0.15, -0.1) is 0 Å². The van der Waals surface area contributed by atoms with Gasteiger partial charge in [0.15, 0.2) is 0 Å². The molecule has 3 nitrogen and oxygen atoms in total. The smallest absolute Gasteiger partial charge is 0.0901 e. The molecule has 0 aliphatic carbocycles. The van der Waals surface area contributed by atoms with E-state index in [1.165, 1.54) is 0 Å². The van der Waals surface area contributed by atoms with E-state index < -0.39 is 0 Å². The van der Waals surface area contributed by atoms with E-state index in [1.54, 1.807) is 12.5 Å². The molecule has 0 spiro atoms. The Bertz CT molecular complexity index is 224. The van der Waals surface area contributed by atoms with E-state index in [2.05, 4.69) is 0 Å². The normalized spacial score (nSPS) is 12.3. The van der Waals surface area contributed by atoms with Gasteiger partial charge in [-0.3, -0.25) is 0 Å². The van der Waals surface area contributed by atoms with Crippen LogP contribution in [0.25, 0.3) is 0 Å². The highest BCUT2D eigenvalue weighted by atomic mass is 16.5. The second-order valence-corrected chi connectivity index (χ2v) is 3.40. The predicted molar refractivity (Wildman–Crippen MR) is 65.0 cm³/mol. The summed E-state index contributed by atoms with van der Waals surface area (Å²) in [5.74, 6) is 0. The number of hydrogen-bond donors (Lipinski definition) is 0. The fraction of sp³-hybridized carbons (Fsp3) is 0.333. The van der Waals surface area contributed by atoms with Crippen molar-refractivity contribution in [3.63, 3.8) is 0 Å². The Labute approximate surface area is 92.6 Å². The summed E-state index contributed by atoms with van der Waals surface area (Å²) in [4.78, 5) is 3.92. The topological polar surface area (TPSA) is 15.7 Å². The zero-order chi connectivity index (χ0) is 11.5. The molecule has 84 valence electrons. The minimum Gasteiger partial charge on any atom is -0.473 e. The molecule has 0 saturated carbocycles.